The quantitative estimate of drug-likeness (QED) is 0.182. The predicted molar refractivity (Wildman–Crippen MR) is 229 cm³/mol. The van der Waals surface area contributed by atoms with Crippen LogP contribution in [-0.4, -0.2) is 24.1 Å². The molecule has 56 heavy (non-hydrogen) atoms. The molecule has 1 aliphatic heterocycles. The lowest BCUT2D eigenvalue weighted by molar-refractivity contribution is 0.953. The smallest absolute Gasteiger partial charge is 0.238 e. The van der Waals surface area contributed by atoms with E-state index in [1.165, 1.54) is 55.3 Å². The minimum absolute atomic E-state index is 0.577. The summed E-state index contributed by atoms with van der Waals surface area (Å²) >= 11 is 0. The van der Waals surface area contributed by atoms with Gasteiger partial charge in [0.1, 0.15) is 0 Å². The highest BCUT2D eigenvalue weighted by atomic mass is 15.2. The van der Waals surface area contributed by atoms with Crippen LogP contribution in [0.3, 0.4) is 0 Å². The van der Waals surface area contributed by atoms with Crippen molar-refractivity contribution in [1.29, 1.82) is 0 Å². The Kier molecular flexibility index (Phi) is 6.56. The van der Waals surface area contributed by atoms with Crippen molar-refractivity contribution in [3.05, 3.63) is 188 Å². The van der Waals surface area contributed by atoms with Gasteiger partial charge in [0.15, 0.2) is 11.6 Å². The van der Waals surface area contributed by atoms with E-state index in [2.05, 4.69) is 173 Å². The summed E-state index contributed by atoms with van der Waals surface area (Å²) < 4.78 is 4.68. The first-order valence-corrected chi connectivity index (χ1v) is 19.0. The van der Waals surface area contributed by atoms with E-state index in [0.29, 0.717) is 17.6 Å². The molecule has 0 bridgehead atoms. The van der Waals surface area contributed by atoms with E-state index in [4.69, 9.17) is 15.0 Å². The van der Waals surface area contributed by atoms with Gasteiger partial charge in [-0.1, -0.05) is 158 Å². The lowest BCUT2D eigenvalue weighted by Gasteiger charge is -2.14. The highest BCUT2D eigenvalue weighted by Crippen LogP contribution is 2.49. The molecule has 12 rings (SSSR count). The summed E-state index contributed by atoms with van der Waals surface area (Å²) in [5, 5.41) is 4.81. The molecular weight excluding hydrogens is 683 g/mol. The van der Waals surface area contributed by atoms with Gasteiger partial charge in [-0.25, -0.2) is 4.98 Å². The Morgan fingerprint density at radius 1 is 0.304 bits per heavy atom. The van der Waals surface area contributed by atoms with Crippen LogP contribution in [-0.2, 0) is 0 Å². The number of nitrogens with zero attached hydrogens (tertiary/aromatic N) is 5. The number of hydrogen-bond donors (Lipinski definition) is 0. The zero-order valence-electron chi connectivity index (χ0n) is 30.1. The molecule has 0 unspecified atom stereocenters. The van der Waals surface area contributed by atoms with Crippen molar-refractivity contribution in [1.82, 2.24) is 24.1 Å². The maximum absolute atomic E-state index is 5.28. The first kappa shape index (κ1) is 30.8. The Balaban J connectivity index is 1.14. The highest BCUT2D eigenvalue weighted by Gasteiger charge is 2.27. The number of benzene rings is 8. The average molecular weight is 714 g/mol. The minimum Gasteiger partial charge on any atom is -0.308 e. The van der Waals surface area contributed by atoms with Crippen molar-refractivity contribution < 1.29 is 0 Å². The van der Waals surface area contributed by atoms with Gasteiger partial charge in [0.2, 0.25) is 5.95 Å². The fourth-order valence-corrected chi connectivity index (χ4v) is 8.81. The molecule has 0 spiro atoms. The zero-order chi connectivity index (χ0) is 36.7. The van der Waals surface area contributed by atoms with E-state index in [1.54, 1.807) is 0 Å². The fraction of sp³-hybridized carbons (Fsp3) is 0. The second-order valence-electron chi connectivity index (χ2n) is 14.4. The molecule has 1 aliphatic rings. The SMILES string of the molecule is c1ccc(-c2ccc(-c3nc(-c4ccccc4)nc(-n4c5ccccc5c5cc6c(cc54)-c4ccccc4-n4c5ccccc5c5cccc-6c54)n3)cc2)cc1. The van der Waals surface area contributed by atoms with E-state index in [-0.39, 0.29) is 0 Å². The van der Waals surface area contributed by atoms with Gasteiger partial charge in [-0.3, -0.25) is 4.57 Å². The zero-order valence-corrected chi connectivity index (χ0v) is 30.1. The second kappa shape index (κ2) is 11.9. The number of hydrogen-bond acceptors (Lipinski definition) is 3. The molecule has 260 valence electrons. The van der Waals surface area contributed by atoms with Crippen LogP contribution in [0.15, 0.2) is 188 Å². The Labute approximate surface area is 322 Å². The van der Waals surface area contributed by atoms with Crippen molar-refractivity contribution in [2.75, 3.05) is 0 Å². The summed E-state index contributed by atoms with van der Waals surface area (Å²) in [4.78, 5) is 15.6. The van der Waals surface area contributed by atoms with E-state index in [0.717, 1.165) is 38.5 Å². The van der Waals surface area contributed by atoms with E-state index >= 15 is 0 Å². The summed E-state index contributed by atoms with van der Waals surface area (Å²) in [5.74, 6) is 1.83. The monoisotopic (exact) mass is 713 g/mol. The summed E-state index contributed by atoms with van der Waals surface area (Å²) in [6.45, 7) is 0. The molecule has 11 aromatic rings. The lowest BCUT2D eigenvalue weighted by atomic mass is 9.92. The first-order chi connectivity index (χ1) is 27.8. The van der Waals surface area contributed by atoms with E-state index in [1.807, 2.05) is 24.3 Å². The molecule has 5 heteroatoms. The third-order valence-corrected chi connectivity index (χ3v) is 11.3. The molecule has 0 radical (unpaired) electrons. The molecule has 8 aromatic carbocycles. The van der Waals surface area contributed by atoms with Crippen molar-refractivity contribution in [2.45, 2.75) is 0 Å². The van der Waals surface area contributed by atoms with Gasteiger partial charge in [-0.2, -0.15) is 9.97 Å². The predicted octanol–water partition coefficient (Wildman–Crippen LogP) is 12.7. The minimum atomic E-state index is 0.577. The maximum atomic E-state index is 5.28. The van der Waals surface area contributed by atoms with Gasteiger partial charge in [0.25, 0.3) is 0 Å². The largest absolute Gasteiger partial charge is 0.308 e. The molecule has 3 aromatic heterocycles. The molecule has 0 saturated carbocycles. The normalized spacial score (nSPS) is 11.9. The molecule has 0 fully saturated rings. The lowest BCUT2D eigenvalue weighted by Crippen LogP contribution is -2.06. The van der Waals surface area contributed by atoms with Crippen molar-refractivity contribution in [3.63, 3.8) is 0 Å². The Morgan fingerprint density at radius 2 is 0.821 bits per heavy atom. The molecule has 4 heterocycles. The molecule has 0 aliphatic carbocycles. The van der Waals surface area contributed by atoms with Crippen LogP contribution in [0.1, 0.15) is 0 Å². The summed E-state index contributed by atoms with van der Waals surface area (Å²) in [6.07, 6.45) is 0. The molecule has 0 saturated heterocycles. The van der Waals surface area contributed by atoms with Gasteiger partial charge < -0.3 is 4.57 Å². The van der Waals surface area contributed by atoms with Crippen LogP contribution in [0.2, 0.25) is 0 Å². The summed E-state index contributed by atoms with van der Waals surface area (Å²) in [6, 6.07) is 66.8. The van der Waals surface area contributed by atoms with E-state index < -0.39 is 0 Å². The third kappa shape index (κ3) is 4.52. The first-order valence-electron chi connectivity index (χ1n) is 19.0. The number of para-hydroxylation sites is 4. The number of aromatic nitrogens is 5. The molecule has 5 nitrogen and oxygen atoms in total. The van der Waals surface area contributed by atoms with Gasteiger partial charge in [0.05, 0.1) is 27.8 Å². The van der Waals surface area contributed by atoms with Crippen LogP contribution in [0.5, 0.6) is 0 Å². The van der Waals surface area contributed by atoms with Crippen LogP contribution < -0.4 is 0 Å². The average Bonchev–Trinajstić information content (AvgIpc) is 3.75. The molecule has 0 N–H and O–H groups in total. The van der Waals surface area contributed by atoms with Crippen LogP contribution >= 0.6 is 0 Å². The third-order valence-electron chi connectivity index (χ3n) is 11.3. The second-order valence-corrected chi connectivity index (χ2v) is 14.4. The molecule has 0 amide bonds. The van der Waals surface area contributed by atoms with Crippen molar-refractivity contribution >= 4 is 43.6 Å². The number of rotatable bonds is 4. The van der Waals surface area contributed by atoms with Crippen molar-refractivity contribution in [2.24, 2.45) is 0 Å². The topological polar surface area (TPSA) is 48.5 Å². The van der Waals surface area contributed by atoms with Gasteiger partial charge in [-0.05, 0) is 52.6 Å². The van der Waals surface area contributed by atoms with Crippen molar-refractivity contribution in [3.8, 4) is 67.8 Å². The van der Waals surface area contributed by atoms with Crippen LogP contribution in [0, 0.1) is 0 Å². The van der Waals surface area contributed by atoms with E-state index in [9.17, 15) is 0 Å². The number of fused-ring (bicyclic) bond motifs is 11. The molecule has 0 atom stereocenters. The fourth-order valence-electron chi connectivity index (χ4n) is 8.81. The summed E-state index contributed by atoms with van der Waals surface area (Å²) in [7, 11) is 0. The Hall–Kier alpha value is -7.63. The Bertz CT molecular complexity index is 3340. The van der Waals surface area contributed by atoms with Crippen LogP contribution in [0.25, 0.3) is 111 Å². The highest BCUT2D eigenvalue weighted by molar-refractivity contribution is 6.19. The van der Waals surface area contributed by atoms with Crippen LogP contribution in [0.4, 0.5) is 0 Å². The van der Waals surface area contributed by atoms with Gasteiger partial charge in [-0.15, -0.1) is 0 Å². The summed E-state index contributed by atoms with van der Waals surface area (Å²) in [5.41, 5.74) is 14.6. The van der Waals surface area contributed by atoms with Gasteiger partial charge >= 0.3 is 0 Å². The standard InChI is InChI=1S/C51H31N5/c1-3-14-32(15-4-1)33-26-28-35(29-27-33)50-52-49(34-16-5-2-6-17-34)53-51(54-50)56-46-25-12-9-20-38(46)43-30-41-40-22-13-21-39-36-18-7-10-23-44(36)55(48(39)40)45-24-11-8-19-37(45)42(41)31-47(43)56/h1-31H. The molecular formula is C51H31N5. The Morgan fingerprint density at radius 3 is 1.57 bits per heavy atom. The van der Waals surface area contributed by atoms with Gasteiger partial charge in [0, 0.05) is 43.8 Å². The maximum Gasteiger partial charge on any atom is 0.238 e.